The SMILES string of the molecule is CC(C)(C)C(=O)N1CCC2(CCNC2)C1.Cl. The van der Waals surface area contributed by atoms with Gasteiger partial charge in [0.05, 0.1) is 0 Å². The minimum atomic E-state index is -0.225. The van der Waals surface area contributed by atoms with Crippen LogP contribution in [0.25, 0.3) is 0 Å². The molecule has 2 aliphatic rings. The predicted molar refractivity (Wildman–Crippen MR) is 67.8 cm³/mol. The lowest BCUT2D eigenvalue weighted by Crippen LogP contribution is -2.39. The molecule has 0 saturated carbocycles. The van der Waals surface area contributed by atoms with Crippen LogP contribution in [0, 0.1) is 10.8 Å². The van der Waals surface area contributed by atoms with Gasteiger partial charge in [-0.25, -0.2) is 0 Å². The maximum Gasteiger partial charge on any atom is 0.227 e. The van der Waals surface area contributed by atoms with Crippen LogP contribution in [-0.4, -0.2) is 37.0 Å². The summed E-state index contributed by atoms with van der Waals surface area (Å²) in [6, 6.07) is 0. The third-order valence-electron chi connectivity index (χ3n) is 3.70. The highest BCUT2D eigenvalue weighted by molar-refractivity contribution is 5.85. The van der Waals surface area contributed by atoms with Crippen LogP contribution in [0.5, 0.6) is 0 Å². The molecular weight excluding hydrogens is 224 g/mol. The quantitative estimate of drug-likeness (QED) is 0.705. The van der Waals surface area contributed by atoms with E-state index in [1.165, 1.54) is 12.8 Å². The normalized spacial score (nSPS) is 29.6. The number of nitrogens with zero attached hydrogens (tertiary/aromatic N) is 1. The Bertz CT molecular complexity index is 267. The number of halogens is 1. The smallest absolute Gasteiger partial charge is 0.227 e. The van der Waals surface area contributed by atoms with Crippen LogP contribution >= 0.6 is 12.4 Å². The van der Waals surface area contributed by atoms with Gasteiger partial charge < -0.3 is 10.2 Å². The minimum Gasteiger partial charge on any atom is -0.342 e. The van der Waals surface area contributed by atoms with Crippen molar-refractivity contribution in [2.24, 2.45) is 10.8 Å². The van der Waals surface area contributed by atoms with E-state index in [0.29, 0.717) is 11.3 Å². The Labute approximate surface area is 104 Å². The van der Waals surface area contributed by atoms with Crippen molar-refractivity contribution in [3.63, 3.8) is 0 Å². The zero-order valence-corrected chi connectivity index (χ0v) is 11.3. The van der Waals surface area contributed by atoms with E-state index < -0.39 is 0 Å². The summed E-state index contributed by atoms with van der Waals surface area (Å²) in [4.78, 5) is 14.2. The lowest BCUT2D eigenvalue weighted by molar-refractivity contribution is -0.138. The van der Waals surface area contributed by atoms with E-state index in [4.69, 9.17) is 0 Å². The van der Waals surface area contributed by atoms with Crippen LogP contribution < -0.4 is 5.32 Å². The van der Waals surface area contributed by atoms with Crippen LogP contribution in [0.2, 0.25) is 0 Å². The number of amides is 1. The zero-order valence-electron chi connectivity index (χ0n) is 10.5. The molecule has 3 nitrogen and oxygen atoms in total. The molecule has 2 saturated heterocycles. The molecule has 1 unspecified atom stereocenters. The molecule has 0 aromatic heterocycles. The van der Waals surface area contributed by atoms with Gasteiger partial charge in [0.2, 0.25) is 5.91 Å². The molecule has 2 rings (SSSR count). The van der Waals surface area contributed by atoms with E-state index >= 15 is 0 Å². The molecule has 0 radical (unpaired) electrons. The van der Waals surface area contributed by atoms with Crippen LogP contribution in [0.4, 0.5) is 0 Å². The first-order chi connectivity index (χ1) is 6.93. The maximum absolute atomic E-state index is 12.1. The van der Waals surface area contributed by atoms with Crippen molar-refractivity contribution in [3.05, 3.63) is 0 Å². The Kier molecular flexibility index (Phi) is 3.91. The van der Waals surface area contributed by atoms with Gasteiger partial charge in [0.15, 0.2) is 0 Å². The number of nitrogens with one attached hydrogen (secondary N) is 1. The molecule has 1 atom stereocenters. The average Bonchev–Trinajstić information content (AvgIpc) is 2.75. The van der Waals surface area contributed by atoms with Gasteiger partial charge in [-0.3, -0.25) is 4.79 Å². The maximum atomic E-state index is 12.1. The number of likely N-dealkylation sites (tertiary alicyclic amines) is 1. The summed E-state index contributed by atoms with van der Waals surface area (Å²) in [7, 11) is 0. The first kappa shape index (κ1) is 13.8. The molecule has 4 heteroatoms. The fourth-order valence-corrected chi connectivity index (χ4v) is 2.73. The van der Waals surface area contributed by atoms with Crippen LogP contribution in [0.3, 0.4) is 0 Å². The van der Waals surface area contributed by atoms with Crippen molar-refractivity contribution in [2.45, 2.75) is 33.6 Å². The minimum absolute atomic E-state index is 0. The van der Waals surface area contributed by atoms with Crippen molar-refractivity contribution >= 4 is 18.3 Å². The third-order valence-corrected chi connectivity index (χ3v) is 3.70. The second kappa shape index (κ2) is 4.53. The van der Waals surface area contributed by atoms with Gasteiger partial charge in [-0.1, -0.05) is 20.8 Å². The lowest BCUT2D eigenvalue weighted by atomic mass is 9.86. The summed E-state index contributed by atoms with van der Waals surface area (Å²) in [5, 5.41) is 3.42. The number of carbonyl (C=O) groups is 1. The third kappa shape index (κ3) is 2.51. The number of hydrogen-bond donors (Lipinski definition) is 1. The van der Waals surface area contributed by atoms with E-state index in [0.717, 1.165) is 26.2 Å². The van der Waals surface area contributed by atoms with Crippen molar-refractivity contribution in [1.82, 2.24) is 10.2 Å². The molecule has 0 aliphatic carbocycles. The molecule has 2 fully saturated rings. The highest BCUT2D eigenvalue weighted by Crippen LogP contribution is 2.37. The highest BCUT2D eigenvalue weighted by Gasteiger charge is 2.43. The molecule has 0 aromatic carbocycles. The predicted octanol–water partition coefficient (Wildman–Crippen LogP) is 1.67. The summed E-state index contributed by atoms with van der Waals surface area (Å²) < 4.78 is 0. The Hall–Kier alpha value is -0.280. The van der Waals surface area contributed by atoms with E-state index in [1.807, 2.05) is 20.8 Å². The fraction of sp³-hybridized carbons (Fsp3) is 0.917. The molecule has 0 bridgehead atoms. The summed E-state index contributed by atoms with van der Waals surface area (Å²) in [5.74, 6) is 0.311. The Morgan fingerprint density at radius 3 is 2.50 bits per heavy atom. The largest absolute Gasteiger partial charge is 0.342 e. The summed E-state index contributed by atoms with van der Waals surface area (Å²) in [6.45, 7) is 10.2. The molecule has 0 aromatic rings. The number of carbonyl (C=O) groups excluding carboxylic acids is 1. The molecular formula is C12H23ClN2O. The Morgan fingerprint density at radius 1 is 1.31 bits per heavy atom. The lowest BCUT2D eigenvalue weighted by Gasteiger charge is -2.28. The first-order valence-electron chi connectivity index (χ1n) is 5.93. The molecule has 16 heavy (non-hydrogen) atoms. The van der Waals surface area contributed by atoms with E-state index in [2.05, 4.69) is 10.2 Å². The van der Waals surface area contributed by atoms with Gasteiger partial charge in [0, 0.05) is 30.5 Å². The monoisotopic (exact) mass is 246 g/mol. The Balaban J connectivity index is 0.00000128. The molecule has 1 amide bonds. The second-order valence-corrected chi connectivity index (χ2v) is 6.15. The summed E-state index contributed by atoms with van der Waals surface area (Å²) in [6.07, 6.45) is 2.42. The van der Waals surface area contributed by atoms with Gasteiger partial charge in [0.25, 0.3) is 0 Å². The van der Waals surface area contributed by atoms with E-state index in [-0.39, 0.29) is 17.8 Å². The average molecular weight is 247 g/mol. The van der Waals surface area contributed by atoms with Crippen molar-refractivity contribution in [1.29, 1.82) is 0 Å². The van der Waals surface area contributed by atoms with Crippen LogP contribution in [-0.2, 0) is 4.79 Å². The summed E-state index contributed by atoms with van der Waals surface area (Å²) in [5.41, 5.74) is 0.179. The first-order valence-corrected chi connectivity index (χ1v) is 5.93. The van der Waals surface area contributed by atoms with E-state index in [1.54, 1.807) is 0 Å². The van der Waals surface area contributed by atoms with Gasteiger partial charge in [-0.15, -0.1) is 12.4 Å². The van der Waals surface area contributed by atoms with Gasteiger partial charge in [0.1, 0.15) is 0 Å². The number of rotatable bonds is 0. The van der Waals surface area contributed by atoms with Crippen molar-refractivity contribution < 1.29 is 4.79 Å². The van der Waals surface area contributed by atoms with Crippen LogP contribution in [0.15, 0.2) is 0 Å². The molecule has 94 valence electrons. The number of hydrogen-bond acceptors (Lipinski definition) is 2. The molecule has 2 heterocycles. The highest BCUT2D eigenvalue weighted by atomic mass is 35.5. The van der Waals surface area contributed by atoms with Gasteiger partial charge in [-0.2, -0.15) is 0 Å². The standard InChI is InChI=1S/C12H22N2O.ClH/c1-11(2,3)10(15)14-7-5-12(9-14)4-6-13-8-12;/h13H,4-9H2,1-3H3;1H. The second-order valence-electron chi connectivity index (χ2n) is 6.15. The van der Waals surface area contributed by atoms with Gasteiger partial charge in [-0.05, 0) is 19.4 Å². The zero-order chi connectivity index (χ0) is 11.1. The van der Waals surface area contributed by atoms with Crippen molar-refractivity contribution in [2.75, 3.05) is 26.2 Å². The molecule has 2 aliphatic heterocycles. The summed E-state index contributed by atoms with van der Waals surface area (Å²) >= 11 is 0. The van der Waals surface area contributed by atoms with E-state index in [9.17, 15) is 4.79 Å². The molecule has 1 spiro atoms. The Morgan fingerprint density at radius 2 is 2.00 bits per heavy atom. The molecule has 1 N–H and O–H groups in total. The van der Waals surface area contributed by atoms with Crippen molar-refractivity contribution in [3.8, 4) is 0 Å². The fourth-order valence-electron chi connectivity index (χ4n) is 2.73. The topological polar surface area (TPSA) is 32.3 Å². The van der Waals surface area contributed by atoms with Gasteiger partial charge >= 0.3 is 0 Å². The van der Waals surface area contributed by atoms with Crippen LogP contribution in [0.1, 0.15) is 33.6 Å².